The lowest BCUT2D eigenvalue weighted by molar-refractivity contribution is -0.383. The summed E-state index contributed by atoms with van der Waals surface area (Å²) in [4.78, 5) is 23.5. The van der Waals surface area contributed by atoms with Crippen molar-refractivity contribution in [3.63, 3.8) is 0 Å². The van der Waals surface area contributed by atoms with E-state index in [-0.39, 0.29) is 16.8 Å². The van der Waals surface area contributed by atoms with E-state index in [0.29, 0.717) is 30.9 Å². The van der Waals surface area contributed by atoms with Crippen LogP contribution in [0.25, 0.3) is 0 Å². The molecule has 10 heteroatoms. The van der Waals surface area contributed by atoms with Crippen LogP contribution in [0, 0.1) is 10.1 Å². The Morgan fingerprint density at radius 3 is 2.41 bits per heavy atom. The zero-order valence-electron chi connectivity index (χ0n) is 15.9. The van der Waals surface area contributed by atoms with E-state index < -0.39 is 31.7 Å². The molecule has 2 aromatic rings. The summed E-state index contributed by atoms with van der Waals surface area (Å²) in [5, 5.41) is 10.7. The molecule has 1 aliphatic carbocycles. The number of nitro benzene ring substituents is 1. The molecule has 3 rings (SSSR count). The average Bonchev–Trinajstić information content (AvgIpc) is 3.53. The van der Waals surface area contributed by atoms with Crippen molar-refractivity contribution >= 4 is 27.2 Å². The third-order valence-electron chi connectivity index (χ3n) is 4.40. The average molecular weight is 420 g/mol. The molecule has 1 N–H and O–H groups in total. The van der Waals surface area contributed by atoms with Crippen LogP contribution in [0.5, 0.6) is 11.5 Å². The van der Waals surface area contributed by atoms with Gasteiger partial charge in [0.25, 0.3) is 5.69 Å². The summed E-state index contributed by atoms with van der Waals surface area (Å²) in [6.07, 6.45) is 1.02. The number of rotatable bonds is 9. The van der Waals surface area contributed by atoms with Crippen LogP contribution in [0.3, 0.4) is 0 Å². The Morgan fingerprint density at radius 1 is 1.17 bits per heavy atom. The van der Waals surface area contributed by atoms with Crippen molar-refractivity contribution in [1.82, 2.24) is 0 Å². The second-order valence-corrected chi connectivity index (χ2v) is 8.42. The van der Waals surface area contributed by atoms with Gasteiger partial charge in [-0.25, -0.2) is 8.42 Å². The van der Waals surface area contributed by atoms with Crippen molar-refractivity contribution in [2.24, 2.45) is 0 Å². The van der Waals surface area contributed by atoms with E-state index in [2.05, 4.69) is 4.72 Å². The lowest BCUT2D eigenvalue weighted by Gasteiger charge is -2.12. The molecule has 0 amide bonds. The number of nitro groups is 1. The predicted octanol–water partition coefficient (Wildman–Crippen LogP) is 3.14. The fraction of sp³-hybridized carbons (Fsp3) is 0.316. The topological polar surface area (TPSA) is 125 Å². The van der Waals surface area contributed by atoms with Gasteiger partial charge in [0.15, 0.2) is 17.3 Å². The van der Waals surface area contributed by atoms with E-state index in [1.807, 2.05) is 0 Å². The van der Waals surface area contributed by atoms with Crippen molar-refractivity contribution in [3.05, 3.63) is 57.6 Å². The van der Waals surface area contributed by atoms with E-state index in [0.717, 1.165) is 6.07 Å². The van der Waals surface area contributed by atoms with Crippen LogP contribution in [0.15, 0.2) is 36.4 Å². The highest BCUT2D eigenvalue weighted by molar-refractivity contribution is 7.93. The van der Waals surface area contributed by atoms with Crippen LogP contribution in [0.2, 0.25) is 0 Å². The fourth-order valence-corrected chi connectivity index (χ4v) is 4.18. The molecule has 0 aliphatic heterocycles. The van der Waals surface area contributed by atoms with Gasteiger partial charge in [-0.15, -0.1) is 0 Å². The van der Waals surface area contributed by atoms with Crippen LogP contribution in [-0.2, 0) is 10.0 Å². The molecule has 0 bridgehead atoms. The number of nitrogens with one attached hydrogen (secondary N) is 1. The molecule has 0 heterocycles. The lowest BCUT2D eigenvalue weighted by atomic mass is 10.0. The zero-order chi connectivity index (χ0) is 21.2. The van der Waals surface area contributed by atoms with Gasteiger partial charge in [-0.05, 0) is 50.1 Å². The molecule has 2 aromatic carbocycles. The van der Waals surface area contributed by atoms with Gasteiger partial charge in [0.05, 0.1) is 23.9 Å². The summed E-state index contributed by atoms with van der Waals surface area (Å²) in [6.45, 7) is 2.17. The van der Waals surface area contributed by atoms with Crippen LogP contribution in [0.4, 0.5) is 11.4 Å². The van der Waals surface area contributed by atoms with Gasteiger partial charge in [0.1, 0.15) is 5.69 Å². The summed E-state index contributed by atoms with van der Waals surface area (Å²) in [6, 6.07) is 8.23. The number of hydrogen-bond acceptors (Lipinski definition) is 7. The summed E-state index contributed by atoms with van der Waals surface area (Å²) < 4.78 is 37.4. The third kappa shape index (κ3) is 4.48. The molecule has 154 valence electrons. The molecule has 29 heavy (non-hydrogen) atoms. The predicted molar refractivity (Wildman–Crippen MR) is 106 cm³/mol. The Balaban J connectivity index is 1.98. The summed E-state index contributed by atoms with van der Waals surface area (Å²) in [7, 11) is -2.25. The molecule has 0 spiro atoms. The third-order valence-corrected chi connectivity index (χ3v) is 6.25. The number of carbonyl (C=O) groups is 1. The number of methoxy groups -OCH3 is 1. The lowest BCUT2D eigenvalue weighted by Crippen LogP contribution is -2.18. The zero-order valence-corrected chi connectivity index (χ0v) is 16.7. The maximum absolute atomic E-state index is 12.9. The summed E-state index contributed by atoms with van der Waals surface area (Å²) in [5.74, 6) is 0.415. The van der Waals surface area contributed by atoms with Crippen molar-refractivity contribution in [2.75, 3.05) is 18.4 Å². The molecule has 0 saturated heterocycles. The van der Waals surface area contributed by atoms with Crippen molar-refractivity contribution in [3.8, 4) is 11.5 Å². The minimum absolute atomic E-state index is 0.108. The van der Waals surface area contributed by atoms with E-state index in [1.165, 1.54) is 25.3 Å². The van der Waals surface area contributed by atoms with Gasteiger partial charge in [-0.3, -0.25) is 19.6 Å². The van der Waals surface area contributed by atoms with Gasteiger partial charge in [-0.1, -0.05) is 0 Å². The monoisotopic (exact) mass is 420 g/mol. The van der Waals surface area contributed by atoms with E-state index in [1.54, 1.807) is 19.1 Å². The van der Waals surface area contributed by atoms with E-state index >= 15 is 0 Å². The van der Waals surface area contributed by atoms with Gasteiger partial charge in [0, 0.05) is 17.2 Å². The van der Waals surface area contributed by atoms with Crippen molar-refractivity contribution < 1.29 is 27.6 Å². The maximum atomic E-state index is 12.9. The Morgan fingerprint density at radius 2 is 1.83 bits per heavy atom. The number of sulfonamides is 1. The second kappa shape index (κ2) is 8.08. The van der Waals surface area contributed by atoms with Gasteiger partial charge >= 0.3 is 0 Å². The van der Waals surface area contributed by atoms with Crippen LogP contribution in [-0.4, -0.2) is 38.1 Å². The normalized spacial score (nSPS) is 13.6. The SMILES string of the molecule is CCOc1cc(C(=O)c2ccc([N+](=O)[O-])c(NS(=O)(=O)C3CC3)c2)ccc1OC. The molecular weight excluding hydrogens is 400 g/mol. The van der Waals surface area contributed by atoms with Gasteiger partial charge < -0.3 is 9.47 Å². The smallest absolute Gasteiger partial charge is 0.293 e. The summed E-state index contributed by atoms with van der Waals surface area (Å²) >= 11 is 0. The molecule has 0 radical (unpaired) electrons. The number of carbonyl (C=O) groups excluding carboxylic acids is 1. The molecule has 1 fully saturated rings. The number of ether oxygens (including phenoxy) is 2. The standard InChI is InChI=1S/C19H20N2O7S/c1-3-28-18-11-13(5-9-17(18)27-2)19(22)12-4-8-16(21(23)24)15(10-12)20-29(25,26)14-6-7-14/h4-5,8-11,14,20H,3,6-7H2,1-2H3. The van der Waals surface area contributed by atoms with E-state index in [9.17, 15) is 23.3 Å². The highest BCUT2D eigenvalue weighted by atomic mass is 32.2. The van der Waals surface area contributed by atoms with Crippen LogP contribution < -0.4 is 14.2 Å². The molecule has 1 aliphatic rings. The van der Waals surface area contributed by atoms with Crippen molar-refractivity contribution in [1.29, 1.82) is 0 Å². The highest BCUT2D eigenvalue weighted by Gasteiger charge is 2.37. The summed E-state index contributed by atoms with van der Waals surface area (Å²) in [5.41, 5.74) is -0.266. The first kappa shape index (κ1) is 20.6. The highest BCUT2D eigenvalue weighted by Crippen LogP contribution is 2.34. The first-order valence-electron chi connectivity index (χ1n) is 8.92. The Labute approximate surface area is 167 Å². The second-order valence-electron chi connectivity index (χ2n) is 6.46. The largest absolute Gasteiger partial charge is 0.493 e. The van der Waals surface area contributed by atoms with Gasteiger partial charge in [-0.2, -0.15) is 0 Å². The number of nitrogens with zero attached hydrogens (tertiary/aromatic N) is 1. The maximum Gasteiger partial charge on any atom is 0.293 e. The number of benzene rings is 2. The first-order chi connectivity index (χ1) is 13.8. The molecule has 0 unspecified atom stereocenters. The Hall–Kier alpha value is -3.14. The van der Waals surface area contributed by atoms with Gasteiger partial charge in [0.2, 0.25) is 10.0 Å². The molecule has 0 aromatic heterocycles. The Kier molecular flexibility index (Phi) is 5.73. The molecule has 0 atom stereocenters. The minimum Gasteiger partial charge on any atom is -0.493 e. The van der Waals surface area contributed by atoms with Crippen molar-refractivity contribution in [2.45, 2.75) is 25.0 Å². The first-order valence-corrected chi connectivity index (χ1v) is 10.5. The quantitative estimate of drug-likeness (QED) is 0.375. The Bertz CT molecular complexity index is 1060. The number of hydrogen-bond donors (Lipinski definition) is 1. The molecule has 1 saturated carbocycles. The number of ketones is 1. The number of anilines is 1. The molecule has 9 nitrogen and oxygen atoms in total. The van der Waals surface area contributed by atoms with E-state index in [4.69, 9.17) is 9.47 Å². The molecular formula is C19H20N2O7S. The minimum atomic E-state index is -3.73. The fourth-order valence-electron chi connectivity index (χ4n) is 2.79. The van der Waals surface area contributed by atoms with Crippen LogP contribution in [0.1, 0.15) is 35.7 Å². The van der Waals surface area contributed by atoms with Crippen LogP contribution >= 0.6 is 0 Å².